The number of carbonyl (C=O) groups excluding carboxylic acids is 3. The fourth-order valence-electron chi connectivity index (χ4n) is 9.76. The molecule has 0 radical (unpaired) electrons. The van der Waals surface area contributed by atoms with E-state index in [-0.39, 0.29) is 25.9 Å². The molecule has 0 saturated heterocycles. The number of aliphatic hydroxyl groups excluding tert-OH is 1. The van der Waals surface area contributed by atoms with Crippen LogP contribution in [0.1, 0.15) is 329 Å². The van der Waals surface area contributed by atoms with Crippen LogP contribution in [0.15, 0.2) is 60.8 Å². The Kier molecular flexibility index (Phi) is 62.0. The number of rotatable bonds is 64. The summed E-state index contributed by atoms with van der Waals surface area (Å²) in [5.74, 6) is -1.46. The maximum Gasteiger partial charge on any atom is 0.472 e. The van der Waals surface area contributed by atoms with E-state index in [1.165, 1.54) is 161 Å². The van der Waals surface area contributed by atoms with Gasteiger partial charge in [-0.15, -0.1) is 0 Å². The Morgan fingerprint density at radius 3 is 0.988 bits per heavy atom. The van der Waals surface area contributed by atoms with Crippen LogP contribution in [0.25, 0.3) is 0 Å². The van der Waals surface area contributed by atoms with E-state index in [2.05, 4.69) is 81.5 Å². The zero-order valence-corrected chi connectivity index (χ0v) is 54.1. The molecule has 82 heavy (non-hydrogen) atoms. The lowest BCUT2D eigenvalue weighted by atomic mass is 10.0. The molecule has 0 fully saturated rings. The van der Waals surface area contributed by atoms with Crippen molar-refractivity contribution in [1.29, 1.82) is 0 Å². The Balaban J connectivity index is 4.68. The molecule has 3 atom stereocenters. The predicted molar refractivity (Wildman–Crippen MR) is 344 cm³/mol. The third kappa shape index (κ3) is 61.7. The van der Waals surface area contributed by atoms with Crippen molar-refractivity contribution in [2.75, 3.05) is 26.4 Å². The number of carbonyl (C=O) groups is 3. The molecule has 0 heterocycles. The number of aliphatic hydroxyl groups is 1. The Hall–Kier alpha value is -2.82. The smallest absolute Gasteiger partial charge is 0.462 e. The summed E-state index contributed by atoms with van der Waals surface area (Å²) < 4.78 is 39.8. The zero-order chi connectivity index (χ0) is 59.8. The summed E-state index contributed by atoms with van der Waals surface area (Å²) in [6.45, 7) is 4.58. The van der Waals surface area contributed by atoms with Crippen LogP contribution in [-0.4, -0.2) is 66.5 Å². The zero-order valence-electron chi connectivity index (χ0n) is 53.2. The minimum Gasteiger partial charge on any atom is -0.462 e. The monoisotopic (exact) mass is 1170 g/mol. The fraction of sp³-hybridized carbons (Fsp3) is 0.814. The van der Waals surface area contributed by atoms with E-state index in [0.717, 1.165) is 109 Å². The van der Waals surface area contributed by atoms with Crippen molar-refractivity contribution in [3.63, 3.8) is 0 Å². The first kappa shape index (κ1) is 79.2. The van der Waals surface area contributed by atoms with E-state index in [1.807, 2.05) is 0 Å². The van der Waals surface area contributed by atoms with Crippen molar-refractivity contribution in [3.05, 3.63) is 60.8 Å². The number of hydrogen-bond acceptors (Lipinski definition) is 10. The van der Waals surface area contributed by atoms with Gasteiger partial charge in [-0.2, -0.15) is 0 Å². The minimum atomic E-state index is -4.76. The topological polar surface area (TPSA) is 155 Å². The van der Waals surface area contributed by atoms with Crippen molar-refractivity contribution >= 4 is 25.7 Å². The van der Waals surface area contributed by atoms with E-state index < -0.39 is 57.8 Å². The number of hydrogen-bond donors (Lipinski definition) is 2. The molecule has 11 nitrogen and oxygen atoms in total. The largest absolute Gasteiger partial charge is 0.472 e. The first-order valence-electron chi connectivity index (χ1n) is 34.2. The molecule has 3 unspecified atom stereocenters. The number of esters is 3. The first-order chi connectivity index (χ1) is 40.2. The van der Waals surface area contributed by atoms with Crippen LogP contribution in [0.5, 0.6) is 0 Å². The number of phosphoric acid groups is 1. The molecular weight excluding hydrogens is 1050 g/mol. The molecule has 0 aromatic rings. The molecule has 0 spiro atoms. The summed E-state index contributed by atoms with van der Waals surface area (Å²) in [6, 6.07) is 0. The van der Waals surface area contributed by atoms with Gasteiger partial charge in [-0.25, -0.2) is 4.57 Å². The molecule has 0 rings (SSSR count). The van der Waals surface area contributed by atoms with Crippen LogP contribution in [0, 0.1) is 0 Å². The Bertz CT molecular complexity index is 1610. The SMILES string of the molecule is CC/C=C\C/C=C\C/C=C\C/C=C\CCCCCCCCC(=O)OC(COC(=O)CCCCCCCCCCCCCCCCCCCCC)COP(=O)(O)OCC(CO)OC(=O)CCCCCCCCC/C=C\CCCCCCCC. The van der Waals surface area contributed by atoms with Gasteiger partial charge in [-0.05, 0) is 83.5 Å². The Morgan fingerprint density at radius 2 is 0.634 bits per heavy atom. The molecule has 0 aliphatic carbocycles. The number of phosphoric ester groups is 1. The molecule has 478 valence electrons. The van der Waals surface area contributed by atoms with E-state index in [1.54, 1.807) is 0 Å². The van der Waals surface area contributed by atoms with Gasteiger partial charge < -0.3 is 24.2 Å². The second-order valence-electron chi connectivity index (χ2n) is 23.0. The van der Waals surface area contributed by atoms with Crippen LogP contribution in [0.2, 0.25) is 0 Å². The van der Waals surface area contributed by atoms with Crippen molar-refractivity contribution < 1.29 is 52.2 Å². The Morgan fingerprint density at radius 1 is 0.354 bits per heavy atom. The number of allylic oxidation sites excluding steroid dienone is 10. The molecular formula is C70H127O11P. The van der Waals surface area contributed by atoms with Crippen LogP contribution in [-0.2, 0) is 42.2 Å². The average Bonchev–Trinajstić information content (AvgIpc) is 3.50. The number of ether oxygens (including phenoxy) is 3. The second-order valence-corrected chi connectivity index (χ2v) is 24.4. The van der Waals surface area contributed by atoms with E-state index in [4.69, 9.17) is 23.3 Å². The highest BCUT2D eigenvalue weighted by molar-refractivity contribution is 7.47. The molecule has 0 aromatic carbocycles. The molecule has 12 heteroatoms. The quantitative estimate of drug-likeness (QED) is 0.0197. The van der Waals surface area contributed by atoms with Gasteiger partial charge in [-0.1, -0.05) is 287 Å². The number of unbranched alkanes of at least 4 members (excludes halogenated alkanes) is 37. The summed E-state index contributed by atoms with van der Waals surface area (Å²) >= 11 is 0. The summed E-state index contributed by atoms with van der Waals surface area (Å²) in [5.41, 5.74) is 0. The summed E-state index contributed by atoms with van der Waals surface area (Å²) in [5, 5.41) is 9.87. The van der Waals surface area contributed by atoms with Crippen LogP contribution >= 0.6 is 7.82 Å². The van der Waals surface area contributed by atoms with Crippen LogP contribution in [0.3, 0.4) is 0 Å². The molecule has 0 amide bonds. The van der Waals surface area contributed by atoms with Gasteiger partial charge in [0.2, 0.25) is 0 Å². The first-order valence-corrected chi connectivity index (χ1v) is 35.7. The lowest BCUT2D eigenvalue weighted by Crippen LogP contribution is -2.30. The van der Waals surface area contributed by atoms with E-state index >= 15 is 0 Å². The Labute approximate surface area is 504 Å². The molecule has 0 aliphatic heterocycles. The highest BCUT2D eigenvalue weighted by Gasteiger charge is 2.28. The van der Waals surface area contributed by atoms with Crippen molar-refractivity contribution in [2.24, 2.45) is 0 Å². The molecule has 0 bridgehead atoms. The third-order valence-electron chi connectivity index (χ3n) is 14.9. The van der Waals surface area contributed by atoms with Crippen molar-refractivity contribution in [2.45, 2.75) is 341 Å². The van der Waals surface area contributed by atoms with Gasteiger partial charge in [0.1, 0.15) is 12.7 Å². The highest BCUT2D eigenvalue weighted by Crippen LogP contribution is 2.43. The van der Waals surface area contributed by atoms with Gasteiger partial charge in [0.25, 0.3) is 0 Å². The predicted octanol–water partition coefficient (Wildman–Crippen LogP) is 21.0. The standard InChI is InChI=1S/C70H127O11P/c1-4-7-10-13-16-19-22-25-28-31-33-36-38-41-44-47-50-53-56-59-68(72)77-63-67(81-70(74)61-58-55-52-49-46-43-40-37-34-32-29-26-23-20-17-14-11-8-5-2)65-79-82(75,76)78-64-66(62-71)80-69(73)60-57-54-51-48-45-42-39-35-30-27-24-21-18-15-12-9-6-3/h8,11,17,20,26-27,29-30,34,37,66-67,71H,4-7,9-10,12-16,18-19,21-25,28,31-33,35-36,38-65H2,1-3H3,(H,75,76)/b11-8-,20-17-,29-26-,30-27-,37-34-. The third-order valence-corrected chi connectivity index (χ3v) is 15.9. The van der Waals surface area contributed by atoms with Gasteiger partial charge in [0.05, 0.1) is 19.8 Å². The lowest BCUT2D eigenvalue weighted by Gasteiger charge is -2.21. The van der Waals surface area contributed by atoms with Gasteiger partial charge in [0.15, 0.2) is 6.10 Å². The molecule has 0 saturated carbocycles. The lowest BCUT2D eigenvalue weighted by molar-refractivity contribution is -0.161. The summed E-state index contributed by atoms with van der Waals surface area (Å²) in [4.78, 5) is 48.9. The van der Waals surface area contributed by atoms with Crippen molar-refractivity contribution in [3.8, 4) is 0 Å². The van der Waals surface area contributed by atoms with Gasteiger partial charge in [0, 0.05) is 19.3 Å². The molecule has 2 N–H and O–H groups in total. The fourth-order valence-corrected chi connectivity index (χ4v) is 10.5. The molecule has 0 aliphatic rings. The highest BCUT2D eigenvalue weighted by atomic mass is 31.2. The van der Waals surface area contributed by atoms with Gasteiger partial charge >= 0.3 is 25.7 Å². The summed E-state index contributed by atoms with van der Waals surface area (Å²) in [7, 11) is -4.76. The normalized spacial score (nSPS) is 13.6. The minimum absolute atomic E-state index is 0.153. The maximum absolute atomic E-state index is 13.0. The average molecular weight is 1180 g/mol. The van der Waals surface area contributed by atoms with Crippen LogP contribution < -0.4 is 0 Å². The second kappa shape index (κ2) is 64.2. The molecule has 0 aromatic heterocycles. The summed E-state index contributed by atoms with van der Waals surface area (Å²) in [6.07, 6.45) is 73.1. The van der Waals surface area contributed by atoms with E-state index in [9.17, 15) is 28.9 Å². The van der Waals surface area contributed by atoms with Gasteiger partial charge in [-0.3, -0.25) is 23.4 Å². The maximum atomic E-state index is 13.0. The van der Waals surface area contributed by atoms with Crippen molar-refractivity contribution in [1.82, 2.24) is 0 Å². The van der Waals surface area contributed by atoms with Crippen LogP contribution in [0.4, 0.5) is 0 Å². The van der Waals surface area contributed by atoms with E-state index in [0.29, 0.717) is 19.3 Å².